The second kappa shape index (κ2) is 5.75. The molecule has 0 amide bonds. The van der Waals surface area contributed by atoms with Crippen LogP contribution < -0.4 is 5.32 Å². The first-order valence-corrected chi connectivity index (χ1v) is 6.80. The topological polar surface area (TPSA) is 38.3 Å². The molecule has 1 aliphatic carbocycles. The van der Waals surface area contributed by atoms with Crippen LogP contribution in [-0.2, 0) is 9.53 Å². The fraction of sp³-hybridized carbons (Fsp3) is 0.909. The van der Waals surface area contributed by atoms with E-state index >= 15 is 0 Å². The average Bonchev–Trinajstić information content (AvgIpc) is 2.99. The van der Waals surface area contributed by atoms with Gasteiger partial charge in [0.1, 0.15) is 5.54 Å². The van der Waals surface area contributed by atoms with Gasteiger partial charge < -0.3 is 4.74 Å². The minimum atomic E-state index is -0.502. The van der Waals surface area contributed by atoms with Crippen molar-refractivity contribution in [3.63, 3.8) is 0 Å². The lowest BCUT2D eigenvalue weighted by atomic mass is 10.1. The standard InChI is InChI=1S/C11H21NO2S/c1-4-14-10(13)11(3,8-15-5-2)12-9-6-7-9/h9,12H,4-8H2,1-3H3. The quantitative estimate of drug-likeness (QED) is 0.678. The highest BCUT2D eigenvalue weighted by Gasteiger charge is 2.39. The number of ether oxygens (including phenoxy) is 1. The zero-order chi connectivity index (χ0) is 11.3. The van der Waals surface area contributed by atoms with Crippen molar-refractivity contribution in [1.29, 1.82) is 0 Å². The van der Waals surface area contributed by atoms with Gasteiger partial charge >= 0.3 is 5.97 Å². The van der Waals surface area contributed by atoms with Crippen LogP contribution in [0.4, 0.5) is 0 Å². The highest BCUT2D eigenvalue weighted by Crippen LogP contribution is 2.25. The Hall–Kier alpha value is -0.220. The van der Waals surface area contributed by atoms with Crippen molar-refractivity contribution in [2.24, 2.45) is 0 Å². The molecule has 0 aromatic carbocycles. The molecule has 0 aliphatic heterocycles. The van der Waals surface area contributed by atoms with Gasteiger partial charge in [-0.3, -0.25) is 10.1 Å². The predicted octanol–water partition coefficient (Wildman–Crippen LogP) is 1.81. The van der Waals surface area contributed by atoms with Crippen LogP contribution in [0.15, 0.2) is 0 Å². The minimum Gasteiger partial charge on any atom is -0.465 e. The van der Waals surface area contributed by atoms with Crippen molar-refractivity contribution >= 4 is 17.7 Å². The molecule has 1 fully saturated rings. The van der Waals surface area contributed by atoms with E-state index in [2.05, 4.69) is 12.2 Å². The molecule has 0 spiro atoms. The Balaban J connectivity index is 2.51. The zero-order valence-corrected chi connectivity index (χ0v) is 10.7. The van der Waals surface area contributed by atoms with Crippen LogP contribution in [0.1, 0.15) is 33.6 Å². The molecule has 0 aromatic heterocycles. The maximum Gasteiger partial charge on any atom is 0.326 e. The fourth-order valence-corrected chi connectivity index (χ4v) is 2.25. The summed E-state index contributed by atoms with van der Waals surface area (Å²) >= 11 is 1.78. The van der Waals surface area contributed by atoms with Gasteiger partial charge in [0.25, 0.3) is 0 Å². The summed E-state index contributed by atoms with van der Waals surface area (Å²) in [7, 11) is 0. The van der Waals surface area contributed by atoms with Gasteiger partial charge in [0.2, 0.25) is 0 Å². The third kappa shape index (κ3) is 4.03. The monoisotopic (exact) mass is 231 g/mol. The molecule has 0 heterocycles. The zero-order valence-electron chi connectivity index (χ0n) is 9.84. The van der Waals surface area contributed by atoms with Crippen molar-refractivity contribution < 1.29 is 9.53 Å². The molecule has 0 saturated heterocycles. The first-order chi connectivity index (χ1) is 7.12. The van der Waals surface area contributed by atoms with Gasteiger partial charge in [-0.25, -0.2) is 0 Å². The van der Waals surface area contributed by atoms with E-state index in [1.165, 1.54) is 12.8 Å². The summed E-state index contributed by atoms with van der Waals surface area (Å²) in [4.78, 5) is 11.8. The van der Waals surface area contributed by atoms with Crippen LogP contribution in [0.2, 0.25) is 0 Å². The second-order valence-corrected chi connectivity index (χ2v) is 5.38. The Morgan fingerprint density at radius 2 is 2.20 bits per heavy atom. The van der Waals surface area contributed by atoms with Crippen molar-refractivity contribution in [1.82, 2.24) is 5.32 Å². The largest absolute Gasteiger partial charge is 0.465 e. The number of carbonyl (C=O) groups is 1. The van der Waals surface area contributed by atoms with E-state index in [4.69, 9.17) is 4.74 Å². The van der Waals surface area contributed by atoms with Crippen LogP contribution in [0.5, 0.6) is 0 Å². The third-order valence-electron chi connectivity index (χ3n) is 2.42. The summed E-state index contributed by atoms with van der Waals surface area (Å²) in [6.45, 7) is 6.36. The van der Waals surface area contributed by atoms with Crippen molar-refractivity contribution in [2.75, 3.05) is 18.1 Å². The molecule has 0 radical (unpaired) electrons. The maximum atomic E-state index is 11.8. The lowest BCUT2D eigenvalue weighted by Crippen LogP contribution is -2.53. The van der Waals surface area contributed by atoms with Gasteiger partial charge in [0.05, 0.1) is 6.61 Å². The molecule has 88 valence electrons. The molecular weight excluding hydrogens is 210 g/mol. The summed E-state index contributed by atoms with van der Waals surface area (Å²) in [5.74, 6) is 1.71. The highest BCUT2D eigenvalue weighted by atomic mass is 32.2. The average molecular weight is 231 g/mol. The fourth-order valence-electron chi connectivity index (χ4n) is 1.43. The van der Waals surface area contributed by atoms with E-state index < -0.39 is 5.54 Å². The summed E-state index contributed by atoms with van der Waals surface area (Å²) in [5.41, 5.74) is -0.502. The molecule has 1 rings (SSSR count). The first-order valence-electron chi connectivity index (χ1n) is 5.65. The molecule has 4 heteroatoms. The van der Waals surface area contributed by atoms with Crippen LogP contribution in [0.3, 0.4) is 0 Å². The maximum absolute atomic E-state index is 11.8. The van der Waals surface area contributed by atoms with E-state index in [1.807, 2.05) is 13.8 Å². The molecule has 1 aliphatic rings. The number of hydrogen-bond acceptors (Lipinski definition) is 4. The summed E-state index contributed by atoms with van der Waals surface area (Å²) in [6, 6.07) is 0.525. The second-order valence-electron chi connectivity index (χ2n) is 4.11. The van der Waals surface area contributed by atoms with Crippen LogP contribution in [0.25, 0.3) is 0 Å². The Morgan fingerprint density at radius 3 is 2.67 bits per heavy atom. The van der Waals surface area contributed by atoms with Crippen molar-refractivity contribution in [2.45, 2.75) is 45.2 Å². The van der Waals surface area contributed by atoms with E-state index in [-0.39, 0.29) is 5.97 Å². The highest BCUT2D eigenvalue weighted by molar-refractivity contribution is 7.99. The van der Waals surface area contributed by atoms with Gasteiger partial charge in [-0.15, -0.1) is 0 Å². The van der Waals surface area contributed by atoms with Gasteiger partial charge in [0.15, 0.2) is 0 Å². The summed E-state index contributed by atoms with van der Waals surface area (Å²) in [6.07, 6.45) is 2.37. The van der Waals surface area contributed by atoms with Gasteiger partial charge in [-0.1, -0.05) is 6.92 Å². The molecule has 0 aromatic rings. The Morgan fingerprint density at radius 1 is 1.53 bits per heavy atom. The minimum absolute atomic E-state index is 0.113. The van der Waals surface area contributed by atoms with Gasteiger partial charge in [-0.05, 0) is 32.4 Å². The number of nitrogens with one attached hydrogen (secondary N) is 1. The molecule has 1 atom stereocenters. The normalized spacial score (nSPS) is 19.7. The smallest absolute Gasteiger partial charge is 0.326 e. The SMILES string of the molecule is CCOC(=O)C(C)(CSCC)NC1CC1. The first kappa shape index (κ1) is 12.8. The Labute approximate surface area is 96.3 Å². The van der Waals surface area contributed by atoms with Gasteiger partial charge in [0, 0.05) is 11.8 Å². The van der Waals surface area contributed by atoms with E-state index in [0.29, 0.717) is 12.6 Å². The number of thioether (sulfide) groups is 1. The van der Waals surface area contributed by atoms with Crippen LogP contribution >= 0.6 is 11.8 Å². The molecule has 3 nitrogen and oxygen atoms in total. The lowest BCUT2D eigenvalue weighted by Gasteiger charge is -2.28. The molecule has 1 saturated carbocycles. The molecule has 15 heavy (non-hydrogen) atoms. The van der Waals surface area contributed by atoms with Crippen LogP contribution in [0, 0.1) is 0 Å². The summed E-state index contributed by atoms with van der Waals surface area (Å²) in [5, 5.41) is 3.39. The lowest BCUT2D eigenvalue weighted by molar-refractivity contribution is -0.149. The third-order valence-corrected chi connectivity index (χ3v) is 3.61. The van der Waals surface area contributed by atoms with E-state index in [9.17, 15) is 4.79 Å². The Bertz CT molecular complexity index is 219. The molecular formula is C11H21NO2S. The number of hydrogen-bond donors (Lipinski definition) is 1. The van der Waals surface area contributed by atoms with Gasteiger partial charge in [-0.2, -0.15) is 11.8 Å². The molecule has 1 unspecified atom stereocenters. The Kier molecular flexibility index (Phi) is 4.93. The van der Waals surface area contributed by atoms with Crippen LogP contribution in [-0.4, -0.2) is 35.7 Å². The number of rotatable bonds is 7. The van der Waals surface area contributed by atoms with Crippen molar-refractivity contribution in [3.8, 4) is 0 Å². The van der Waals surface area contributed by atoms with E-state index in [1.54, 1.807) is 11.8 Å². The molecule has 0 bridgehead atoms. The molecule has 1 N–H and O–H groups in total. The number of carbonyl (C=O) groups excluding carboxylic acids is 1. The van der Waals surface area contributed by atoms with Crippen molar-refractivity contribution in [3.05, 3.63) is 0 Å². The summed E-state index contributed by atoms with van der Waals surface area (Å²) < 4.78 is 5.12. The predicted molar refractivity (Wildman–Crippen MR) is 64.2 cm³/mol. The number of esters is 1. The van der Waals surface area contributed by atoms with E-state index in [0.717, 1.165) is 11.5 Å².